The molecular weight excluding hydrogens is 304 g/mol. The second-order valence-corrected chi connectivity index (χ2v) is 5.85. The number of aliphatic hydroxyl groups excluding tert-OH is 1. The first kappa shape index (κ1) is 17.2. The van der Waals surface area contributed by atoms with Crippen LogP contribution in [0.4, 0.5) is 0 Å². The van der Waals surface area contributed by atoms with Crippen LogP contribution in [-0.2, 0) is 4.74 Å². The minimum atomic E-state index is -0.474. The number of carbonyl (C=O) groups excluding carboxylic acids is 1. The molecule has 5 nitrogen and oxygen atoms in total. The molecule has 122 valence electrons. The second-order valence-electron chi connectivity index (χ2n) is 5.41. The molecule has 1 aliphatic heterocycles. The van der Waals surface area contributed by atoms with E-state index in [9.17, 15) is 9.90 Å². The van der Waals surface area contributed by atoms with E-state index in [-0.39, 0.29) is 5.91 Å². The van der Waals surface area contributed by atoms with Gasteiger partial charge in [0.05, 0.1) is 12.7 Å². The van der Waals surface area contributed by atoms with Crippen LogP contribution in [0.25, 0.3) is 0 Å². The van der Waals surface area contributed by atoms with Gasteiger partial charge >= 0.3 is 0 Å². The van der Waals surface area contributed by atoms with Crippen LogP contribution in [0.1, 0.15) is 17.3 Å². The molecule has 1 N–H and O–H groups in total. The van der Waals surface area contributed by atoms with Crippen LogP contribution in [0.3, 0.4) is 0 Å². The van der Waals surface area contributed by atoms with Crippen molar-refractivity contribution >= 4 is 17.5 Å². The number of hydrogen-bond donors (Lipinski definition) is 1. The van der Waals surface area contributed by atoms with Gasteiger partial charge in [-0.1, -0.05) is 11.6 Å². The lowest BCUT2D eigenvalue weighted by Gasteiger charge is -2.35. The van der Waals surface area contributed by atoms with Gasteiger partial charge in [0.25, 0.3) is 5.91 Å². The molecular formula is C16H23ClN2O3. The minimum Gasteiger partial charge on any atom is -0.389 e. The van der Waals surface area contributed by atoms with E-state index in [0.29, 0.717) is 43.4 Å². The molecule has 1 fully saturated rings. The number of carbonyl (C=O) groups is 1. The van der Waals surface area contributed by atoms with Crippen LogP contribution in [0, 0.1) is 0 Å². The number of amides is 1. The first-order chi connectivity index (χ1) is 10.6. The zero-order valence-electron chi connectivity index (χ0n) is 12.9. The highest BCUT2D eigenvalue weighted by atomic mass is 35.5. The van der Waals surface area contributed by atoms with E-state index in [1.807, 2.05) is 11.8 Å². The van der Waals surface area contributed by atoms with Gasteiger partial charge in [-0.05, 0) is 31.2 Å². The molecule has 1 atom stereocenters. The van der Waals surface area contributed by atoms with Crippen LogP contribution in [0.5, 0.6) is 0 Å². The van der Waals surface area contributed by atoms with Crippen LogP contribution in [-0.4, -0.2) is 72.9 Å². The normalized spacial score (nSPS) is 17.5. The number of aliphatic hydroxyl groups is 1. The summed E-state index contributed by atoms with van der Waals surface area (Å²) in [6.45, 7) is 6.34. The Kier molecular flexibility index (Phi) is 6.64. The Bertz CT molecular complexity index is 473. The van der Waals surface area contributed by atoms with Gasteiger partial charge in [0, 0.05) is 49.9 Å². The summed E-state index contributed by atoms with van der Waals surface area (Å²) in [5.41, 5.74) is 0.661. The lowest BCUT2D eigenvalue weighted by molar-refractivity contribution is 0.0111. The summed E-state index contributed by atoms with van der Waals surface area (Å²) < 4.78 is 5.21. The fourth-order valence-electron chi connectivity index (χ4n) is 2.51. The fraction of sp³-hybridized carbons (Fsp3) is 0.562. The molecule has 0 aromatic heterocycles. The second kappa shape index (κ2) is 8.48. The summed E-state index contributed by atoms with van der Waals surface area (Å²) in [5.74, 6) is 0.0335. The van der Waals surface area contributed by atoms with Crippen LogP contribution in [0.15, 0.2) is 24.3 Å². The molecule has 1 aromatic carbocycles. The van der Waals surface area contributed by atoms with E-state index in [1.165, 1.54) is 0 Å². The number of ether oxygens (including phenoxy) is 1. The zero-order chi connectivity index (χ0) is 15.9. The summed E-state index contributed by atoms with van der Waals surface area (Å²) in [6, 6.07) is 6.97. The highest BCUT2D eigenvalue weighted by Crippen LogP contribution is 2.13. The van der Waals surface area contributed by atoms with Crippen molar-refractivity contribution in [2.24, 2.45) is 0 Å². The molecule has 1 amide bonds. The Labute approximate surface area is 136 Å². The lowest BCUT2D eigenvalue weighted by Crippen LogP contribution is -2.50. The van der Waals surface area contributed by atoms with E-state index < -0.39 is 6.10 Å². The average Bonchev–Trinajstić information content (AvgIpc) is 2.54. The molecule has 0 spiro atoms. The van der Waals surface area contributed by atoms with Crippen molar-refractivity contribution in [3.05, 3.63) is 34.9 Å². The number of β-amino-alcohol motifs (C(OH)–C–C–N with tert-alkyl or cyclic N) is 1. The van der Waals surface area contributed by atoms with Crippen molar-refractivity contribution in [1.82, 2.24) is 9.80 Å². The molecule has 1 aliphatic rings. The summed E-state index contributed by atoms with van der Waals surface area (Å²) in [6.07, 6.45) is -0.474. The third-order valence-corrected chi connectivity index (χ3v) is 3.99. The summed E-state index contributed by atoms with van der Waals surface area (Å²) in [7, 11) is 0. The number of hydrogen-bond acceptors (Lipinski definition) is 4. The number of rotatable bonds is 6. The van der Waals surface area contributed by atoms with Gasteiger partial charge in [0.1, 0.15) is 0 Å². The Hall–Kier alpha value is -1.14. The Morgan fingerprint density at radius 2 is 1.91 bits per heavy atom. The molecule has 2 rings (SSSR count). The van der Waals surface area contributed by atoms with Crippen LogP contribution >= 0.6 is 11.6 Å². The van der Waals surface area contributed by atoms with E-state index >= 15 is 0 Å². The smallest absolute Gasteiger partial charge is 0.253 e. The SMILES string of the molecule is CCOC[C@H](O)CN1CCN(C(=O)c2ccc(Cl)cc2)CC1. The summed E-state index contributed by atoms with van der Waals surface area (Å²) in [4.78, 5) is 16.4. The third kappa shape index (κ3) is 4.95. The molecule has 1 aromatic rings. The largest absolute Gasteiger partial charge is 0.389 e. The van der Waals surface area contributed by atoms with E-state index in [1.54, 1.807) is 24.3 Å². The molecule has 0 radical (unpaired) electrons. The summed E-state index contributed by atoms with van der Waals surface area (Å²) in [5, 5.41) is 10.5. The number of halogens is 1. The quantitative estimate of drug-likeness (QED) is 0.860. The predicted molar refractivity (Wildman–Crippen MR) is 86.3 cm³/mol. The van der Waals surface area contributed by atoms with Gasteiger partial charge in [-0.2, -0.15) is 0 Å². The van der Waals surface area contributed by atoms with Gasteiger partial charge in [0.2, 0.25) is 0 Å². The number of nitrogens with zero attached hydrogens (tertiary/aromatic N) is 2. The van der Waals surface area contributed by atoms with Crippen LogP contribution < -0.4 is 0 Å². The van der Waals surface area contributed by atoms with Gasteiger partial charge < -0.3 is 14.7 Å². The fourth-order valence-corrected chi connectivity index (χ4v) is 2.64. The lowest BCUT2D eigenvalue weighted by atomic mass is 10.2. The Balaban J connectivity index is 1.79. The van der Waals surface area contributed by atoms with Crippen LogP contribution in [0.2, 0.25) is 5.02 Å². The van der Waals surface area contributed by atoms with Crippen molar-refractivity contribution in [3.63, 3.8) is 0 Å². The molecule has 0 unspecified atom stereocenters. The maximum Gasteiger partial charge on any atom is 0.253 e. The molecule has 1 saturated heterocycles. The van der Waals surface area contributed by atoms with Crippen molar-refractivity contribution in [3.8, 4) is 0 Å². The highest BCUT2D eigenvalue weighted by Gasteiger charge is 2.23. The van der Waals surface area contributed by atoms with Gasteiger partial charge in [-0.15, -0.1) is 0 Å². The van der Waals surface area contributed by atoms with Gasteiger partial charge in [-0.25, -0.2) is 0 Å². The standard InChI is InChI=1S/C16H23ClN2O3/c1-2-22-12-15(20)11-18-7-9-19(10-8-18)16(21)13-3-5-14(17)6-4-13/h3-6,15,20H,2,7-12H2,1H3/t15-/m1/s1. The van der Waals surface area contributed by atoms with E-state index in [2.05, 4.69) is 4.90 Å². The van der Waals surface area contributed by atoms with Gasteiger partial charge in [0.15, 0.2) is 0 Å². The van der Waals surface area contributed by atoms with Gasteiger partial charge in [-0.3, -0.25) is 9.69 Å². The number of piperazine rings is 1. The minimum absolute atomic E-state index is 0.0335. The highest BCUT2D eigenvalue weighted by molar-refractivity contribution is 6.30. The maximum atomic E-state index is 12.4. The average molecular weight is 327 g/mol. The molecule has 0 saturated carbocycles. The maximum absolute atomic E-state index is 12.4. The molecule has 22 heavy (non-hydrogen) atoms. The van der Waals surface area contributed by atoms with Crippen molar-refractivity contribution < 1.29 is 14.6 Å². The Morgan fingerprint density at radius 1 is 1.27 bits per heavy atom. The third-order valence-electron chi connectivity index (χ3n) is 3.73. The van der Waals surface area contributed by atoms with Crippen molar-refractivity contribution in [1.29, 1.82) is 0 Å². The topological polar surface area (TPSA) is 53.0 Å². The molecule has 0 aliphatic carbocycles. The molecule has 1 heterocycles. The number of benzene rings is 1. The summed E-state index contributed by atoms with van der Waals surface area (Å²) >= 11 is 5.84. The van der Waals surface area contributed by atoms with E-state index in [0.717, 1.165) is 13.1 Å². The first-order valence-corrected chi connectivity index (χ1v) is 8.01. The molecule has 6 heteroatoms. The monoisotopic (exact) mass is 326 g/mol. The molecule has 0 bridgehead atoms. The first-order valence-electron chi connectivity index (χ1n) is 7.63. The van der Waals surface area contributed by atoms with Crippen molar-refractivity contribution in [2.75, 3.05) is 45.9 Å². The zero-order valence-corrected chi connectivity index (χ0v) is 13.6. The predicted octanol–water partition coefficient (Wildman–Crippen LogP) is 1.50. The van der Waals surface area contributed by atoms with Crippen molar-refractivity contribution in [2.45, 2.75) is 13.0 Å². The van der Waals surface area contributed by atoms with E-state index in [4.69, 9.17) is 16.3 Å². The Morgan fingerprint density at radius 3 is 2.50 bits per heavy atom.